The van der Waals surface area contributed by atoms with Crippen LogP contribution in [0, 0.1) is 0 Å². The molecule has 0 atom stereocenters. The van der Waals surface area contributed by atoms with Crippen molar-refractivity contribution < 1.29 is 0 Å². The van der Waals surface area contributed by atoms with Crippen LogP contribution in [0.15, 0.2) is 0 Å². The maximum absolute atomic E-state index is 6.29. The fraction of sp³-hybridized carbons (Fsp3) is 0.786. The van der Waals surface area contributed by atoms with E-state index in [9.17, 15) is 0 Å². The van der Waals surface area contributed by atoms with E-state index in [-0.39, 0.29) is 10.8 Å². The molecule has 0 fully saturated rings. The topological polar surface area (TPSA) is 43.8 Å². The third-order valence-corrected chi connectivity index (χ3v) is 2.85. The molecule has 1 heterocycles. The third kappa shape index (κ3) is 2.64. The zero-order valence-corrected chi connectivity index (χ0v) is 12.5. The summed E-state index contributed by atoms with van der Waals surface area (Å²) in [6.45, 7) is 17.3. The first-order valence-electron chi connectivity index (χ1n) is 6.35. The van der Waals surface area contributed by atoms with Gasteiger partial charge in [-0.2, -0.15) is 0 Å². The van der Waals surface area contributed by atoms with Gasteiger partial charge < -0.3 is 10.3 Å². The van der Waals surface area contributed by atoms with E-state index < -0.39 is 0 Å². The van der Waals surface area contributed by atoms with E-state index in [1.54, 1.807) is 0 Å². The third-order valence-electron chi connectivity index (χ3n) is 2.85. The summed E-state index contributed by atoms with van der Waals surface area (Å²) in [6.07, 6.45) is 0. The van der Waals surface area contributed by atoms with Crippen molar-refractivity contribution in [3.8, 4) is 0 Å². The zero-order chi connectivity index (χ0) is 13.6. The molecular weight excluding hydrogens is 210 g/mol. The fourth-order valence-electron chi connectivity index (χ4n) is 2.05. The minimum atomic E-state index is -0.00970. The molecule has 98 valence electrons. The van der Waals surface area contributed by atoms with E-state index in [0.717, 1.165) is 17.3 Å². The van der Waals surface area contributed by atoms with Gasteiger partial charge in [-0.1, -0.05) is 41.5 Å². The minimum Gasteiger partial charge on any atom is -0.384 e. The van der Waals surface area contributed by atoms with Gasteiger partial charge in [0, 0.05) is 16.9 Å². The van der Waals surface area contributed by atoms with Gasteiger partial charge in [0.2, 0.25) is 0 Å². The van der Waals surface area contributed by atoms with E-state index in [1.807, 2.05) is 0 Å². The summed E-state index contributed by atoms with van der Waals surface area (Å²) in [6, 6.07) is 0.341. The summed E-state index contributed by atoms with van der Waals surface area (Å²) < 4.78 is 2.17. The Morgan fingerprint density at radius 3 is 1.71 bits per heavy atom. The van der Waals surface area contributed by atoms with Gasteiger partial charge in [-0.25, -0.2) is 4.98 Å². The average Bonchev–Trinajstić information content (AvgIpc) is 2.40. The lowest BCUT2D eigenvalue weighted by atomic mass is 9.92. The summed E-state index contributed by atoms with van der Waals surface area (Å²) in [5.41, 5.74) is 7.30. The number of hydrogen-bond acceptors (Lipinski definition) is 2. The van der Waals surface area contributed by atoms with Gasteiger partial charge in [0.25, 0.3) is 0 Å². The Hall–Kier alpha value is -0.990. The summed E-state index contributed by atoms with van der Waals surface area (Å²) >= 11 is 0. The SMILES string of the molecule is CC(C)n1c(C(C)(C)C)nc(C(C)(C)C)c1N. The number of rotatable bonds is 1. The minimum absolute atomic E-state index is 0.00970. The molecule has 0 radical (unpaired) electrons. The maximum Gasteiger partial charge on any atom is 0.127 e. The molecule has 0 aromatic carbocycles. The monoisotopic (exact) mass is 237 g/mol. The van der Waals surface area contributed by atoms with Gasteiger partial charge in [0.1, 0.15) is 11.6 Å². The molecule has 0 aliphatic carbocycles. The van der Waals surface area contributed by atoms with E-state index in [2.05, 4.69) is 60.0 Å². The van der Waals surface area contributed by atoms with Crippen molar-refractivity contribution in [1.29, 1.82) is 0 Å². The van der Waals surface area contributed by atoms with Crippen molar-refractivity contribution in [3.05, 3.63) is 11.5 Å². The Morgan fingerprint density at radius 1 is 1.00 bits per heavy atom. The van der Waals surface area contributed by atoms with Crippen LogP contribution in [-0.4, -0.2) is 9.55 Å². The summed E-state index contributed by atoms with van der Waals surface area (Å²) in [5.74, 6) is 1.90. The Morgan fingerprint density at radius 2 is 1.47 bits per heavy atom. The summed E-state index contributed by atoms with van der Waals surface area (Å²) in [7, 11) is 0. The lowest BCUT2D eigenvalue weighted by Gasteiger charge is -2.22. The molecule has 2 N–H and O–H groups in total. The predicted octanol–water partition coefficient (Wildman–Crippen LogP) is 3.64. The first-order chi connectivity index (χ1) is 7.46. The normalized spacial score (nSPS) is 13.5. The first-order valence-corrected chi connectivity index (χ1v) is 6.35. The largest absolute Gasteiger partial charge is 0.384 e. The molecule has 0 spiro atoms. The van der Waals surface area contributed by atoms with Gasteiger partial charge >= 0.3 is 0 Å². The van der Waals surface area contributed by atoms with Crippen LogP contribution in [0.2, 0.25) is 0 Å². The first kappa shape index (κ1) is 14.1. The molecule has 3 nitrogen and oxygen atoms in total. The number of nitrogens with two attached hydrogens (primary N) is 1. The molecule has 0 unspecified atom stereocenters. The highest BCUT2D eigenvalue weighted by Gasteiger charge is 2.30. The highest BCUT2D eigenvalue weighted by molar-refractivity contribution is 5.44. The molecule has 3 heteroatoms. The average molecular weight is 237 g/mol. The highest BCUT2D eigenvalue weighted by atomic mass is 15.2. The Kier molecular flexibility index (Phi) is 3.34. The summed E-state index contributed by atoms with van der Waals surface area (Å²) in [5, 5.41) is 0. The zero-order valence-electron chi connectivity index (χ0n) is 12.5. The lowest BCUT2D eigenvalue weighted by Crippen LogP contribution is -2.21. The second-order valence-electron chi connectivity index (χ2n) is 7.13. The number of anilines is 1. The van der Waals surface area contributed by atoms with E-state index in [0.29, 0.717) is 6.04 Å². The highest BCUT2D eigenvalue weighted by Crippen LogP contribution is 2.34. The van der Waals surface area contributed by atoms with Crippen molar-refractivity contribution in [2.75, 3.05) is 5.73 Å². The molecule has 0 bridgehead atoms. The summed E-state index contributed by atoms with van der Waals surface area (Å²) in [4.78, 5) is 4.81. The number of aromatic nitrogens is 2. The van der Waals surface area contributed by atoms with Gasteiger partial charge in [-0.15, -0.1) is 0 Å². The van der Waals surface area contributed by atoms with Gasteiger partial charge in [0.05, 0.1) is 5.69 Å². The van der Waals surface area contributed by atoms with Crippen molar-refractivity contribution in [2.45, 2.75) is 72.3 Å². The van der Waals surface area contributed by atoms with Crippen LogP contribution in [0.5, 0.6) is 0 Å². The van der Waals surface area contributed by atoms with Crippen LogP contribution in [-0.2, 0) is 10.8 Å². The van der Waals surface area contributed by atoms with Crippen LogP contribution >= 0.6 is 0 Å². The van der Waals surface area contributed by atoms with Gasteiger partial charge in [-0.3, -0.25) is 0 Å². The van der Waals surface area contributed by atoms with Crippen LogP contribution < -0.4 is 5.73 Å². The molecule has 1 aromatic heterocycles. The molecule has 0 aliphatic heterocycles. The lowest BCUT2D eigenvalue weighted by molar-refractivity contribution is 0.471. The molecule has 0 saturated carbocycles. The van der Waals surface area contributed by atoms with E-state index >= 15 is 0 Å². The van der Waals surface area contributed by atoms with E-state index in [4.69, 9.17) is 10.7 Å². The number of hydrogen-bond donors (Lipinski definition) is 1. The van der Waals surface area contributed by atoms with Crippen LogP contribution in [0.25, 0.3) is 0 Å². The quantitative estimate of drug-likeness (QED) is 0.810. The molecule has 1 rings (SSSR count). The smallest absolute Gasteiger partial charge is 0.127 e. The molecular formula is C14H27N3. The second kappa shape index (κ2) is 4.04. The fourth-order valence-corrected chi connectivity index (χ4v) is 2.05. The van der Waals surface area contributed by atoms with Crippen molar-refractivity contribution in [3.63, 3.8) is 0 Å². The Balaban J connectivity index is 3.52. The number of nitrogens with zero attached hydrogens (tertiary/aromatic N) is 2. The van der Waals surface area contributed by atoms with Crippen molar-refractivity contribution in [2.24, 2.45) is 0 Å². The maximum atomic E-state index is 6.29. The second-order valence-corrected chi connectivity index (χ2v) is 7.13. The Labute approximate surface area is 105 Å². The van der Waals surface area contributed by atoms with Gasteiger partial charge in [-0.05, 0) is 13.8 Å². The van der Waals surface area contributed by atoms with E-state index in [1.165, 1.54) is 0 Å². The number of nitrogen functional groups attached to an aromatic ring is 1. The van der Waals surface area contributed by atoms with Crippen molar-refractivity contribution in [1.82, 2.24) is 9.55 Å². The molecule has 1 aromatic rings. The number of imidazole rings is 1. The van der Waals surface area contributed by atoms with Crippen LogP contribution in [0.3, 0.4) is 0 Å². The van der Waals surface area contributed by atoms with Gasteiger partial charge in [0.15, 0.2) is 0 Å². The van der Waals surface area contributed by atoms with Crippen LogP contribution in [0.1, 0.15) is 73.0 Å². The predicted molar refractivity (Wildman–Crippen MR) is 74.4 cm³/mol. The standard InChI is InChI=1S/C14H27N3/c1-9(2)17-11(15)10(13(3,4)5)16-12(17)14(6,7)8/h9H,15H2,1-8H3. The Bertz CT molecular complexity index is 400. The molecule has 0 saturated heterocycles. The van der Waals surface area contributed by atoms with Crippen LogP contribution in [0.4, 0.5) is 5.82 Å². The van der Waals surface area contributed by atoms with Crippen molar-refractivity contribution >= 4 is 5.82 Å². The molecule has 0 amide bonds. The molecule has 0 aliphatic rings. The molecule has 17 heavy (non-hydrogen) atoms.